The van der Waals surface area contributed by atoms with Crippen LogP contribution in [0.15, 0.2) is 28.9 Å². The number of nitrogens with zero attached hydrogens (tertiary/aromatic N) is 1. The highest BCUT2D eigenvalue weighted by atomic mass is 35.5. The highest BCUT2D eigenvalue weighted by Gasteiger charge is 2.53. The van der Waals surface area contributed by atoms with Gasteiger partial charge >= 0.3 is 0 Å². The van der Waals surface area contributed by atoms with Crippen molar-refractivity contribution < 1.29 is 4.79 Å². The van der Waals surface area contributed by atoms with Crippen LogP contribution >= 0.6 is 24.2 Å². The third kappa shape index (κ3) is 3.00. The second-order valence-corrected chi connectivity index (χ2v) is 8.39. The lowest BCUT2D eigenvalue weighted by atomic mass is 9.73. The number of rotatable bonds is 2. The smallest absolute Gasteiger partial charge is 0.229 e. The summed E-state index contributed by atoms with van der Waals surface area (Å²) in [4.78, 5) is 17.5. The van der Waals surface area contributed by atoms with Crippen LogP contribution in [0.4, 0.5) is 0 Å². The molecule has 4 rings (SSSR count). The molecule has 2 aliphatic heterocycles. The maximum Gasteiger partial charge on any atom is 0.229 e. The molecule has 1 amide bonds. The van der Waals surface area contributed by atoms with E-state index in [9.17, 15) is 4.79 Å². The Bertz CT molecular complexity index is 553. The minimum absolute atomic E-state index is 0. The van der Waals surface area contributed by atoms with Crippen LogP contribution < -0.4 is 5.32 Å². The lowest BCUT2D eigenvalue weighted by molar-refractivity contribution is -0.125. The molecule has 0 aromatic heterocycles. The highest BCUT2D eigenvalue weighted by Crippen LogP contribution is 2.56. The van der Waals surface area contributed by atoms with Crippen molar-refractivity contribution in [3.05, 3.63) is 23.9 Å². The van der Waals surface area contributed by atoms with Gasteiger partial charge in [-0.25, -0.2) is 0 Å². The second kappa shape index (κ2) is 7.02. The molecule has 23 heavy (non-hydrogen) atoms. The standard InChI is InChI=1S/C18H24N2OS.ClH/c21-17(20-13-6-2-1-3-7-13)14-12-19-16-8-4-5-10-18(16)15(14)9-11-22-18;/h4-5,8,12-15H,1-3,6-7,9-11H2,(H,20,21);1H. The van der Waals surface area contributed by atoms with Crippen molar-refractivity contribution >= 4 is 36.3 Å². The molecule has 3 nitrogen and oxygen atoms in total. The summed E-state index contributed by atoms with van der Waals surface area (Å²) in [6.07, 6.45) is 16.7. The van der Waals surface area contributed by atoms with Gasteiger partial charge in [-0.1, -0.05) is 31.4 Å². The number of allylic oxidation sites excluding steroid dienone is 3. The highest BCUT2D eigenvalue weighted by molar-refractivity contribution is 8.01. The molecule has 0 aromatic rings. The summed E-state index contributed by atoms with van der Waals surface area (Å²) in [6, 6.07) is 0.392. The topological polar surface area (TPSA) is 41.5 Å². The average molecular weight is 353 g/mol. The Kier molecular flexibility index (Phi) is 5.22. The summed E-state index contributed by atoms with van der Waals surface area (Å²) in [5, 5.41) is 3.32. The van der Waals surface area contributed by atoms with Crippen LogP contribution in [0.5, 0.6) is 0 Å². The van der Waals surface area contributed by atoms with E-state index in [2.05, 4.69) is 28.5 Å². The Hall–Kier alpha value is -0.740. The Balaban J connectivity index is 0.00000156. The number of carbonyl (C=O) groups is 1. The number of carbonyl (C=O) groups excluding carboxylic acids is 1. The van der Waals surface area contributed by atoms with Crippen LogP contribution in [-0.2, 0) is 4.79 Å². The molecule has 3 atom stereocenters. The van der Waals surface area contributed by atoms with Crippen LogP contribution in [0.3, 0.4) is 0 Å². The molecule has 0 bridgehead atoms. The van der Waals surface area contributed by atoms with Crippen LogP contribution in [0.2, 0.25) is 0 Å². The van der Waals surface area contributed by atoms with Gasteiger partial charge in [0, 0.05) is 12.3 Å². The van der Waals surface area contributed by atoms with Crippen molar-refractivity contribution in [1.29, 1.82) is 0 Å². The molecule has 2 aliphatic carbocycles. The van der Waals surface area contributed by atoms with Gasteiger partial charge in [0.15, 0.2) is 0 Å². The number of aliphatic imine (C=N–C) groups is 1. The van der Waals surface area contributed by atoms with E-state index in [1.165, 1.54) is 25.0 Å². The number of hydrogen-bond donors (Lipinski definition) is 1. The van der Waals surface area contributed by atoms with E-state index in [0.717, 1.165) is 31.4 Å². The van der Waals surface area contributed by atoms with Crippen LogP contribution in [-0.4, -0.2) is 28.7 Å². The van der Waals surface area contributed by atoms with E-state index in [1.54, 1.807) is 0 Å². The summed E-state index contributed by atoms with van der Waals surface area (Å²) in [5.41, 5.74) is 1.18. The van der Waals surface area contributed by atoms with Gasteiger partial charge in [0.1, 0.15) is 0 Å². The molecule has 2 fully saturated rings. The SMILES string of the molecule is Cl.O=C(NC1CCCCC1)C1C=NC2=CC=CCC23SCCC13. The third-order valence-electron chi connectivity index (χ3n) is 5.69. The molecule has 1 saturated carbocycles. The summed E-state index contributed by atoms with van der Waals surface area (Å²) >= 11 is 2.01. The van der Waals surface area contributed by atoms with E-state index in [0.29, 0.717) is 12.0 Å². The minimum Gasteiger partial charge on any atom is -0.353 e. The number of amides is 1. The van der Waals surface area contributed by atoms with E-state index in [-0.39, 0.29) is 29.0 Å². The number of nitrogens with one attached hydrogen (secondary N) is 1. The van der Waals surface area contributed by atoms with Gasteiger partial charge in [0.25, 0.3) is 0 Å². The maximum atomic E-state index is 12.8. The fraction of sp³-hybridized carbons (Fsp3) is 0.667. The summed E-state index contributed by atoms with van der Waals surface area (Å²) in [6.45, 7) is 0. The Morgan fingerprint density at radius 1 is 1.26 bits per heavy atom. The Morgan fingerprint density at radius 2 is 2.09 bits per heavy atom. The van der Waals surface area contributed by atoms with Crippen molar-refractivity contribution in [2.24, 2.45) is 16.8 Å². The van der Waals surface area contributed by atoms with Crippen molar-refractivity contribution in [2.45, 2.75) is 55.7 Å². The second-order valence-electron chi connectivity index (χ2n) is 6.96. The van der Waals surface area contributed by atoms with Gasteiger partial charge in [-0.05, 0) is 43.4 Å². The predicted molar refractivity (Wildman–Crippen MR) is 99.4 cm³/mol. The first-order valence-corrected chi connectivity index (χ1v) is 9.64. The summed E-state index contributed by atoms with van der Waals surface area (Å²) in [5.74, 6) is 1.73. The number of halogens is 1. The van der Waals surface area contributed by atoms with Gasteiger partial charge in [-0.15, -0.1) is 24.2 Å². The van der Waals surface area contributed by atoms with Crippen LogP contribution in [0.1, 0.15) is 44.9 Å². The molecule has 5 heteroatoms. The van der Waals surface area contributed by atoms with E-state index >= 15 is 0 Å². The summed E-state index contributed by atoms with van der Waals surface area (Å²) < 4.78 is 0.0675. The zero-order valence-corrected chi connectivity index (χ0v) is 15.0. The Labute approximate surface area is 148 Å². The zero-order chi connectivity index (χ0) is 15.0. The first-order valence-electron chi connectivity index (χ1n) is 8.65. The first-order chi connectivity index (χ1) is 10.8. The van der Waals surface area contributed by atoms with Gasteiger partial charge in [0.05, 0.1) is 16.4 Å². The monoisotopic (exact) mass is 352 g/mol. The molecule has 126 valence electrons. The van der Waals surface area contributed by atoms with Gasteiger partial charge < -0.3 is 5.32 Å². The summed E-state index contributed by atoms with van der Waals surface area (Å²) in [7, 11) is 0. The molecule has 0 aromatic carbocycles. The average Bonchev–Trinajstić information content (AvgIpc) is 2.98. The van der Waals surface area contributed by atoms with Crippen LogP contribution in [0, 0.1) is 11.8 Å². The molecule has 1 spiro atoms. The van der Waals surface area contributed by atoms with Crippen LogP contribution in [0.25, 0.3) is 0 Å². The van der Waals surface area contributed by atoms with E-state index < -0.39 is 0 Å². The fourth-order valence-electron chi connectivity index (χ4n) is 4.51. The molecule has 1 saturated heterocycles. The van der Waals surface area contributed by atoms with Gasteiger partial charge in [-0.2, -0.15) is 0 Å². The molecular formula is C18H25ClN2OS. The van der Waals surface area contributed by atoms with E-state index in [1.807, 2.05) is 18.0 Å². The largest absolute Gasteiger partial charge is 0.353 e. The normalized spacial score (nSPS) is 35.7. The fourth-order valence-corrected chi connectivity index (χ4v) is 6.21. The molecule has 0 radical (unpaired) electrons. The molecule has 3 unspecified atom stereocenters. The predicted octanol–water partition coefficient (Wildman–Crippen LogP) is 3.89. The van der Waals surface area contributed by atoms with Crippen molar-refractivity contribution in [2.75, 3.05) is 5.75 Å². The molecular weight excluding hydrogens is 328 g/mol. The third-order valence-corrected chi connectivity index (χ3v) is 7.33. The molecule has 4 aliphatic rings. The first kappa shape index (κ1) is 17.1. The Morgan fingerprint density at radius 3 is 2.91 bits per heavy atom. The van der Waals surface area contributed by atoms with Crippen molar-refractivity contribution in [1.82, 2.24) is 5.32 Å². The van der Waals surface area contributed by atoms with Crippen molar-refractivity contribution in [3.8, 4) is 0 Å². The number of hydrogen-bond acceptors (Lipinski definition) is 3. The minimum atomic E-state index is -0.0411. The maximum absolute atomic E-state index is 12.8. The molecule has 2 heterocycles. The quantitative estimate of drug-likeness (QED) is 0.819. The lowest BCUT2D eigenvalue weighted by Gasteiger charge is -2.41. The van der Waals surface area contributed by atoms with E-state index in [4.69, 9.17) is 0 Å². The van der Waals surface area contributed by atoms with Gasteiger partial charge in [0.2, 0.25) is 5.91 Å². The number of thioether (sulfide) groups is 1. The zero-order valence-electron chi connectivity index (χ0n) is 13.4. The molecule has 1 N–H and O–H groups in total. The lowest BCUT2D eigenvalue weighted by Crippen LogP contribution is -2.49. The van der Waals surface area contributed by atoms with Crippen molar-refractivity contribution in [3.63, 3.8) is 0 Å². The van der Waals surface area contributed by atoms with Gasteiger partial charge in [-0.3, -0.25) is 9.79 Å².